The SMILES string of the molecule is CC1=C(C(=O)OCC(C)C)C(c2ccccc2Cl)CC(=O)N1Cc1ccccc1. The fourth-order valence-corrected chi connectivity index (χ4v) is 3.84. The average molecular weight is 412 g/mol. The molecule has 0 N–H and O–H groups in total. The molecule has 0 bridgehead atoms. The minimum atomic E-state index is -0.414. The number of ether oxygens (including phenoxy) is 1. The lowest BCUT2D eigenvalue weighted by molar-refractivity contribution is -0.141. The minimum absolute atomic E-state index is 0.0308. The van der Waals surface area contributed by atoms with E-state index in [1.165, 1.54) is 0 Å². The van der Waals surface area contributed by atoms with Gasteiger partial charge in [-0.3, -0.25) is 4.79 Å². The Bertz CT molecular complexity index is 921. The second kappa shape index (κ2) is 9.27. The molecule has 0 aliphatic carbocycles. The van der Waals surface area contributed by atoms with E-state index in [1.54, 1.807) is 11.0 Å². The highest BCUT2D eigenvalue weighted by molar-refractivity contribution is 6.31. The number of amides is 1. The molecule has 1 heterocycles. The van der Waals surface area contributed by atoms with Crippen LogP contribution in [0.3, 0.4) is 0 Å². The van der Waals surface area contributed by atoms with Crippen LogP contribution in [0.25, 0.3) is 0 Å². The lowest BCUT2D eigenvalue weighted by atomic mass is 9.83. The molecule has 2 aromatic rings. The summed E-state index contributed by atoms with van der Waals surface area (Å²) in [5.74, 6) is -0.601. The van der Waals surface area contributed by atoms with Gasteiger partial charge in [-0.2, -0.15) is 0 Å². The van der Waals surface area contributed by atoms with E-state index in [1.807, 2.05) is 69.3 Å². The van der Waals surface area contributed by atoms with Crippen molar-refractivity contribution in [1.82, 2.24) is 4.90 Å². The zero-order valence-electron chi connectivity index (χ0n) is 17.0. The molecule has 0 radical (unpaired) electrons. The van der Waals surface area contributed by atoms with Crippen molar-refractivity contribution in [3.05, 3.63) is 82.0 Å². The monoisotopic (exact) mass is 411 g/mol. The van der Waals surface area contributed by atoms with E-state index < -0.39 is 5.92 Å². The summed E-state index contributed by atoms with van der Waals surface area (Å²) in [5.41, 5.74) is 2.92. The number of carbonyl (C=O) groups excluding carboxylic acids is 2. The standard InChI is InChI=1S/C24H26ClNO3/c1-16(2)15-29-24(28)23-17(3)26(14-18-9-5-4-6-10-18)22(27)13-20(23)19-11-7-8-12-21(19)25/h4-12,16,20H,13-15H2,1-3H3. The molecule has 1 amide bonds. The van der Waals surface area contributed by atoms with Gasteiger partial charge in [0.1, 0.15) is 0 Å². The first-order valence-corrected chi connectivity index (χ1v) is 10.2. The summed E-state index contributed by atoms with van der Waals surface area (Å²) in [5, 5.41) is 0.545. The molecule has 29 heavy (non-hydrogen) atoms. The van der Waals surface area contributed by atoms with Gasteiger partial charge in [-0.05, 0) is 30.0 Å². The molecule has 3 rings (SSSR count). The van der Waals surface area contributed by atoms with Crippen LogP contribution in [0.2, 0.25) is 5.02 Å². The number of nitrogens with zero attached hydrogens (tertiary/aromatic N) is 1. The van der Waals surface area contributed by atoms with Gasteiger partial charge in [0.05, 0.1) is 18.7 Å². The summed E-state index contributed by atoms with van der Waals surface area (Å²) >= 11 is 6.42. The van der Waals surface area contributed by atoms with Crippen molar-refractivity contribution in [2.24, 2.45) is 5.92 Å². The Morgan fingerprint density at radius 1 is 1.14 bits per heavy atom. The van der Waals surface area contributed by atoms with Crippen LogP contribution in [-0.4, -0.2) is 23.4 Å². The maximum atomic E-state index is 13.1. The summed E-state index contributed by atoms with van der Waals surface area (Å²) < 4.78 is 5.56. The van der Waals surface area contributed by atoms with Gasteiger partial charge in [0.2, 0.25) is 5.91 Å². The zero-order valence-corrected chi connectivity index (χ0v) is 17.8. The Balaban J connectivity index is 2.02. The topological polar surface area (TPSA) is 46.6 Å². The lowest BCUT2D eigenvalue weighted by Gasteiger charge is -2.35. The molecule has 0 aromatic heterocycles. The summed E-state index contributed by atoms with van der Waals surface area (Å²) in [4.78, 5) is 27.8. The van der Waals surface area contributed by atoms with Crippen LogP contribution in [0.4, 0.5) is 0 Å². The zero-order chi connectivity index (χ0) is 21.0. The number of benzene rings is 2. The Morgan fingerprint density at radius 3 is 2.45 bits per heavy atom. The number of rotatable bonds is 6. The quantitative estimate of drug-likeness (QED) is 0.603. The molecule has 0 saturated heterocycles. The van der Waals surface area contributed by atoms with Gasteiger partial charge in [0.25, 0.3) is 0 Å². The molecule has 2 aromatic carbocycles. The van der Waals surface area contributed by atoms with Crippen molar-refractivity contribution < 1.29 is 14.3 Å². The molecular weight excluding hydrogens is 386 g/mol. The van der Waals surface area contributed by atoms with E-state index in [2.05, 4.69) is 0 Å². The Morgan fingerprint density at radius 2 is 1.79 bits per heavy atom. The maximum Gasteiger partial charge on any atom is 0.336 e. The minimum Gasteiger partial charge on any atom is -0.462 e. The molecule has 1 aliphatic rings. The molecule has 0 saturated carbocycles. The molecular formula is C24H26ClNO3. The fraction of sp³-hybridized carbons (Fsp3) is 0.333. The highest BCUT2D eigenvalue weighted by atomic mass is 35.5. The molecule has 4 nitrogen and oxygen atoms in total. The second-order valence-electron chi connectivity index (χ2n) is 7.74. The van der Waals surface area contributed by atoms with Crippen molar-refractivity contribution in [2.75, 3.05) is 6.61 Å². The molecule has 1 aliphatic heterocycles. The predicted octanol–water partition coefficient (Wildman–Crippen LogP) is 5.33. The number of allylic oxidation sites excluding steroid dienone is 1. The molecule has 152 valence electrons. The third-order valence-corrected chi connectivity index (χ3v) is 5.40. The molecule has 1 unspecified atom stereocenters. The summed E-state index contributed by atoms with van der Waals surface area (Å²) in [6.45, 7) is 6.55. The number of halogens is 1. The lowest BCUT2D eigenvalue weighted by Crippen LogP contribution is -2.38. The van der Waals surface area contributed by atoms with Crippen molar-refractivity contribution in [2.45, 2.75) is 39.7 Å². The van der Waals surface area contributed by atoms with Gasteiger partial charge >= 0.3 is 5.97 Å². The van der Waals surface area contributed by atoms with Gasteiger partial charge in [-0.25, -0.2) is 4.79 Å². The summed E-state index contributed by atoms with van der Waals surface area (Å²) in [6.07, 6.45) is 0.181. The Labute approximate surface area is 177 Å². The van der Waals surface area contributed by atoms with Crippen molar-refractivity contribution in [3.8, 4) is 0 Å². The third-order valence-electron chi connectivity index (χ3n) is 5.05. The Hall–Kier alpha value is -2.59. The predicted molar refractivity (Wildman–Crippen MR) is 114 cm³/mol. The van der Waals surface area contributed by atoms with Gasteiger partial charge in [0.15, 0.2) is 0 Å². The Kier molecular flexibility index (Phi) is 6.75. The van der Waals surface area contributed by atoms with Crippen LogP contribution in [0.1, 0.15) is 44.2 Å². The van der Waals surface area contributed by atoms with Crippen molar-refractivity contribution in [1.29, 1.82) is 0 Å². The largest absolute Gasteiger partial charge is 0.462 e. The maximum absolute atomic E-state index is 13.1. The van der Waals surface area contributed by atoms with E-state index in [0.29, 0.717) is 29.4 Å². The molecule has 0 spiro atoms. The van der Waals surface area contributed by atoms with Gasteiger partial charge in [0, 0.05) is 23.1 Å². The first-order valence-electron chi connectivity index (χ1n) is 9.85. The van der Waals surface area contributed by atoms with Gasteiger partial charge in [-0.15, -0.1) is 0 Å². The van der Waals surface area contributed by atoms with Crippen molar-refractivity contribution >= 4 is 23.5 Å². The highest BCUT2D eigenvalue weighted by Crippen LogP contribution is 2.40. The van der Waals surface area contributed by atoms with Gasteiger partial charge in [-0.1, -0.05) is 74.0 Å². The third kappa shape index (κ3) is 4.88. The molecule has 1 atom stereocenters. The first kappa shape index (κ1) is 21.1. The van der Waals surface area contributed by atoms with E-state index in [4.69, 9.17) is 16.3 Å². The van der Waals surface area contributed by atoms with Gasteiger partial charge < -0.3 is 9.64 Å². The smallest absolute Gasteiger partial charge is 0.336 e. The van der Waals surface area contributed by atoms with E-state index in [0.717, 1.165) is 11.1 Å². The normalized spacial score (nSPS) is 17.1. The summed E-state index contributed by atoms with van der Waals surface area (Å²) in [7, 11) is 0. The highest BCUT2D eigenvalue weighted by Gasteiger charge is 2.37. The van der Waals surface area contributed by atoms with Crippen LogP contribution in [0, 0.1) is 5.92 Å². The van der Waals surface area contributed by atoms with E-state index in [-0.39, 0.29) is 24.2 Å². The van der Waals surface area contributed by atoms with E-state index in [9.17, 15) is 9.59 Å². The van der Waals surface area contributed by atoms with E-state index >= 15 is 0 Å². The summed E-state index contributed by atoms with van der Waals surface area (Å²) in [6, 6.07) is 17.1. The molecule has 5 heteroatoms. The molecule has 0 fully saturated rings. The first-order chi connectivity index (χ1) is 13.9. The average Bonchev–Trinajstić information content (AvgIpc) is 2.70. The van der Waals surface area contributed by atoms with Crippen LogP contribution in [0.15, 0.2) is 65.9 Å². The number of hydrogen-bond acceptors (Lipinski definition) is 3. The van der Waals surface area contributed by atoms with Crippen LogP contribution < -0.4 is 0 Å². The fourth-order valence-electron chi connectivity index (χ4n) is 3.58. The van der Waals surface area contributed by atoms with Crippen LogP contribution in [0.5, 0.6) is 0 Å². The van der Waals surface area contributed by atoms with Crippen molar-refractivity contribution in [3.63, 3.8) is 0 Å². The number of carbonyl (C=O) groups is 2. The number of hydrogen-bond donors (Lipinski definition) is 0. The van der Waals surface area contributed by atoms with Crippen LogP contribution >= 0.6 is 11.6 Å². The van der Waals surface area contributed by atoms with Crippen LogP contribution in [-0.2, 0) is 20.9 Å². The number of esters is 1. The second-order valence-corrected chi connectivity index (χ2v) is 8.14.